The van der Waals surface area contributed by atoms with Crippen LogP contribution in [0.2, 0.25) is 5.02 Å². The van der Waals surface area contributed by atoms with E-state index in [0.29, 0.717) is 16.4 Å². The second kappa shape index (κ2) is 6.68. The molecule has 1 atom stereocenters. The van der Waals surface area contributed by atoms with E-state index in [4.69, 9.17) is 17.3 Å². The third-order valence-electron chi connectivity index (χ3n) is 2.70. The molecule has 20 heavy (non-hydrogen) atoms. The largest absolute Gasteiger partial charge is 0.397 e. The summed E-state index contributed by atoms with van der Waals surface area (Å²) in [5.74, 6) is -0.0899. The summed E-state index contributed by atoms with van der Waals surface area (Å²) < 4.78 is 0. The molecule has 104 valence electrons. The van der Waals surface area contributed by atoms with Crippen molar-refractivity contribution in [2.24, 2.45) is 0 Å². The van der Waals surface area contributed by atoms with Gasteiger partial charge in [0.05, 0.1) is 16.6 Å². The van der Waals surface area contributed by atoms with Crippen LogP contribution in [0.4, 0.5) is 11.4 Å². The fraction of sp³-hybridized carbons (Fsp3) is 0.133. The van der Waals surface area contributed by atoms with Crippen LogP contribution in [0.5, 0.6) is 0 Å². The van der Waals surface area contributed by atoms with Gasteiger partial charge in [-0.15, -0.1) is 11.8 Å². The summed E-state index contributed by atoms with van der Waals surface area (Å²) in [5, 5.41) is 3.25. The summed E-state index contributed by atoms with van der Waals surface area (Å²) >= 11 is 7.38. The number of amides is 1. The molecule has 1 unspecified atom stereocenters. The molecular formula is C15H15ClN2OS. The van der Waals surface area contributed by atoms with E-state index in [1.165, 1.54) is 11.8 Å². The quantitative estimate of drug-likeness (QED) is 0.662. The normalized spacial score (nSPS) is 11.9. The fourth-order valence-corrected chi connectivity index (χ4v) is 2.82. The number of para-hydroxylation sites is 2. The van der Waals surface area contributed by atoms with Crippen molar-refractivity contribution in [1.29, 1.82) is 0 Å². The third-order valence-corrected chi connectivity index (χ3v) is 4.03. The average Bonchev–Trinajstić information content (AvgIpc) is 2.41. The lowest BCUT2D eigenvalue weighted by Gasteiger charge is -2.13. The zero-order chi connectivity index (χ0) is 14.5. The highest BCUT2D eigenvalue weighted by Crippen LogP contribution is 2.27. The van der Waals surface area contributed by atoms with E-state index in [0.717, 1.165) is 4.90 Å². The average molecular weight is 307 g/mol. The Balaban J connectivity index is 2.01. The number of hydrogen-bond donors (Lipinski definition) is 2. The Hall–Kier alpha value is -1.65. The van der Waals surface area contributed by atoms with Gasteiger partial charge >= 0.3 is 0 Å². The number of nitrogen functional groups attached to an aromatic ring is 1. The van der Waals surface area contributed by atoms with Gasteiger partial charge in [0.2, 0.25) is 5.91 Å². The fourth-order valence-electron chi connectivity index (χ4n) is 1.64. The maximum atomic E-state index is 12.1. The van der Waals surface area contributed by atoms with Gasteiger partial charge in [-0.05, 0) is 37.3 Å². The van der Waals surface area contributed by atoms with Gasteiger partial charge in [0.25, 0.3) is 0 Å². The minimum atomic E-state index is -0.243. The number of thioether (sulfide) groups is 1. The molecule has 2 rings (SSSR count). The van der Waals surface area contributed by atoms with Gasteiger partial charge in [0.15, 0.2) is 0 Å². The van der Waals surface area contributed by atoms with Crippen LogP contribution in [0.25, 0.3) is 0 Å². The Morgan fingerprint density at radius 3 is 2.70 bits per heavy atom. The summed E-state index contributed by atoms with van der Waals surface area (Å²) in [6, 6.07) is 14.6. The molecule has 0 aliphatic heterocycles. The van der Waals surface area contributed by atoms with Crippen molar-refractivity contribution in [1.82, 2.24) is 0 Å². The van der Waals surface area contributed by atoms with E-state index in [9.17, 15) is 4.79 Å². The van der Waals surface area contributed by atoms with Gasteiger partial charge in [-0.2, -0.15) is 0 Å². The molecule has 2 aromatic rings. The molecule has 3 N–H and O–H groups in total. The van der Waals surface area contributed by atoms with E-state index in [1.807, 2.05) is 37.3 Å². The first-order valence-electron chi connectivity index (χ1n) is 6.14. The highest BCUT2D eigenvalue weighted by atomic mass is 35.5. The molecule has 0 spiro atoms. The molecule has 0 aliphatic carbocycles. The Morgan fingerprint density at radius 1 is 1.25 bits per heavy atom. The number of halogens is 1. The zero-order valence-electron chi connectivity index (χ0n) is 11.0. The molecule has 0 saturated heterocycles. The van der Waals surface area contributed by atoms with Crippen molar-refractivity contribution in [3.63, 3.8) is 0 Å². The summed E-state index contributed by atoms with van der Waals surface area (Å²) in [6.07, 6.45) is 0. The lowest BCUT2D eigenvalue weighted by Crippen LogP contribution is -2.22. The lowest BCUT2D eigenvalue weighted by molar-refractivity contribution is -0.115. The van der Waals surface area contributed by atoms with E-state index >= 15 is 0 Å². The van der Waals surface area contributed by atoms with Crippen LogP contribution in [0.15, 0.2) is 53.4 Å². The molecular weight excluding hydrogens is 292 g/mol. The molecule has 5 heteroatoms. The minimum Gasteiger partial charge on any atom is -0.397 e. The number of benzene rings is 2. The lowest BCUT2D eigenvalue weighted by atomic mass is 10.2. The second-order valence-electron chi connectivity index (χ2n) is 4.29. The molecule has 0 fully saturated rings. The maximum Gasteiger partial charge on any atom is 0.237 e. The number of nitrogens with two attached hydrogens (primary N) is 1. The number of hydrogen-bond acceptors (Lipinski definition) is 3. The van der Waals surface area contributed by atoms with Crippen molar-refractivity contribution < 1.29 is 4.79 Å². The van der Waals surface area contributed by atoms with E-state index in [2.05, 4.69) is 5.32 Å². The molecule has 0 aromatic heterocycles. The Kier molecular flexibility index (Phi) is 4.93. The van der Waals surface area contributed by atoms with Crippen molar-refractivity contribution in [3.8, 4) is 0 Å². The summed E-state index contributed by atoms with van der Waals surface area (Å²) in [6.45, 7) is 1.85. The summed E-state index contributed by atoms with van der Waals surface area (Å²) in [5.41, 5.74) is 6.99. The number of carbonyl (C=O) groups excluding carboxylic acids is 1. The van der Waals surface area contributed by atoms with Crippen molar-refractivity contribution in [2.75, 3.05) is 11.1 Å². The third kappa shape index (κ3) is 3.92. The van der Waals surface area contributed by atoms with E-state index in [-0.39, 0.29) is 11.2 Å². The van der Waals surface area contributed by atoms with Gasteiger partial charge in [0, 0.05) is 9.92 Å². The van der Waals surface area contributed by atoms with Gasteiger partial charge < -0.3 is 11.1 Å². The molecule has 1 amide bonds. The van der Waals surface area contributed by atoms with Crippen LogP contribution in [0, 0.1) is 0 Å². The molecule has 0 bridgehead atoms. The molecule has 3 nitrogen and oxygen atoms in total. The van der Waals surface area contributed by atoms with Crippen LogP contribution in [-0.4, -0.2) is 11.2 Å². The first kappa shape index (κ1) is 14.8. The van der Waals surface area contributed by atoms with Crippen LogP contribution < -0.4 is 11.1 Å². The molecule has 0 aliphatic rings. The maximum absolute atomic E-state index is 12.1. The predicted octanol–water partition coefficient (Wildman–Crippen LogP) is 4.04. The van der Waals surface area contributed by atoms with Gasteiger partial charge in [-0.3, -0.25) is 4.79 Å². The van der Waals surface area contributed by atoms with Crippen molar-refractivity contribution in [3.05, 3.63) is 53.6 Å². The van der Waals surface area contributed by atoms with Gasteiger partial charge in [0.1, 0.15) is 0 Å². The SMILES string of the molecule is CC(Sc1cccc(Cl)c1)C(=O)Nc1ccccc1N. The highest BCUT2D eigenvalue weighted by Gasteiger charge is 2.15. The first-order chi connectivity index (χ1) is 9.56. The first-order valence-corrected chi connectivity index (χ1v) is 7.39. The molecule has 0 radical (unpaired) electrons. The smallest absolute Gasteiger partial charge is 0.237 e. The topological polar surface area (TPSA) is 55.1 Å². The van der Waals surface area contributed by atoms with Crippen LogP contribution in [-0.2, 0) is 4.79 Å². The molecule has 2 aromatic carbocycles. The van der Waals surface area contributed by atoms with Crippen molar-refractivity contribution >= 4 is 40.6 Å². The second-order valence-corrected chi connectivity index (χ2v) is 6.14. The minimum absolute atomic E-state index is 0.0899. The van der Waals surface area contributed by atoms with Gasteiger partial charge in [-0.25, -0.2) is 0 Å². The molecule has 0 saturated carbocycles. The molecule has 0 heterocycles. The number of rotatable bonds is 4. The highest BCUT2D eigenvalue weighted by molar-refractivity contribution is 8.00. The standard InChI is InChI=1S/C15H15ClN2OS/c1-10(20-12-6-4-5-11(16)9-12)15(19)18-14-8-3-2-7-13(14)17/h2-10H,17H2,1H3,(H,18,19). The Morgan fingerprint density at radius 2 is 2.00 bits per heavy atom. The number of nitrogens with one attached hydrogen (secondary N) is 1. The number of carbonyl (C=O) groups is 1. The van der Waals surface area contributed by atoms with Crippen LogP contribution >= 0.6 is 23.4 Å². The monoisotopic (exact) mass is 306 g/mol. The van der Waals surface area contributed by atoms with Crippen LogP contribution in [0.1, 0.15) is 6.92 Å². The Labute approximate surface area is 127 Å². The van der Waals surface area contributed by atoms with E-state index in [1.54, 1.807) is 18.2 Å². The van der Waals surface area contributed by atoms with Crippen LogP contribution in [0.3, 0.4) is 0 Å². The zero-order valence-corrected chi connectivity index (χ0v) is 12.5. The summed E-state index contributed by atoms with van der Waals surface area (Å²) in [4.78, 5) is 13.1. The summed E-state index contributed by atoms with van der Waals surface area (Å²) in [7, 11) is 0. The van der Waals surface area contributed by atoms with E-state index < -0.39 is 0 Å². The predicted molar refractivity (Wildman–Crippen MR) is 86.3 cm³/mol. The van der Waals surface area contributed by atoms with Gasteiger partial charge in [-0.1, -0.05) is 29.8 Å². The number of anilines is 2. The van der Waals surface area contributed by atoms with Crippen molar-refractivity contribution in [2.45, 2.75) is 17.1 Å². The Bertz CT molecular complexity index is 618.